The number of benzene rings is 2. The van der Waals surface area contributed by atoms with E-state index in [1.807, 2.05) is 75.4 Å². The van der Waals surface area contributed by atoms with Crippen LogP contribution in [-0.4, -0.2) is 81.0 Å². The highest BCUT2D eigenvalue weighted by molar-refractivity contribution is 5.99. The quantitative estimate of drug-likeness (QED) is 0.291. The minimum atomic E-state index is -1.24. The largest absolute Gasteiger partial charge is 0.390 e. The van der Waals surface area contributed by atoms with Crippen LogP contribution in [-0.2, 0) is 16.0 Å². The Morgan fingerprint density at radius 2 is 1.67 bits per heavy atom. The molecule has 0 bridgehead atoms. The number of pyridine rings is 1. The van der Waals surface area contributed by atoms with Crippen LogP contribution in [0.1, 0.15) is 75.3 Å². The lowest BCUT2D eigenvalue weighted by atomic mass is 9.75. The van der Waals surface area contributed by atoms with Crippen LogP contribution in [0.15, 0.2) is 66.7 Å². The maximum atomic E-state index is 14.6. The van der Waals surface area contributed by atoms with Crippen molar-refractivity contribution in [2.24, 2.45) is 17.6 Å². The van der Waals surface area contributed by atoms with Gasteiger partial charge in [0.1, 0.15) is 11.7 Å². The van der Waals surface area contributed by atoms with Gasteiger partial charge in [-0.1, -0.05) is 73.9 Å². The number of carbonyl (C=O) groups is 3. The van der Waals surface area contributed by atoms with E-state index < -0.39 is 41.4 Å². The van der Waals surface area contributed by atoms with Gasteiger partial charge in [-0.05, 0) is 76.1 Å². The normalized spacial score (nSPS) is 20.7. The number of nitrogens with two attached hydrogens (primary N) is 1. The first-order valence-corrected chi connectivity index (χ1v) is 16.7. The molecule has 0 unspecified atom stereocenters. The number of aliphatic hydroxyl groups excluding tert-OH is 1. The molecule has 46 heavy (non-hydrogen) atoms. The Bertz CT molecular complexity index is 1510. The molecule has 2 aliphatic rings. The third-order valence-corrected chi connectivity index (χ3v) is 9.68. The number of nitrogens with one attached hydrogen (secondary N) is 1. The summed E-state index contributed by atoms with van der Waals surface area (Å²) in [6.07, 6.45) is 5.41. The van der Waals surface area contributed by atoms with Gasteiger partial charge in [0.05, 0.1) is 24.1 Å². The van der Waals surface area contributed by atoms with Gasteiger partial charge >= 0.3 is 0 Å². The van der Waals surface area contributed by atoms with Gasteiger partial charge in [-0.2, -0.15) is 0 Å². The number of primary amides is 1. The molecule has 3 amide bonds. The maximum Gasteiger partial charge on any atom is 0.270 e. The number of rotatable bonds is 11. The van der Waals surface area contributed by atoms with Crippen molar-refractivity contribution >= 4 is 28.6 Å². The Balaban J connectivity index is 1.42. The van der Waals surface area contributed by atoms with Crippen LogP contribution in [0.25, 0.3) is 10.9 Å². The monoisotopic (exact) mass is 627 g/mol. The van der Waals surface area contributed by atoms with Crippen molar-refractivity contribution < 1.29 is 19.5 Å². The Hall–Kier alpha value is -3.82. The summed E-state index contributed by atoms with van der Waals surface area (Å²) in [5, 5.41) is 15.6. The van der Waals surface area contributed by atoms with Gasteiger partial charge in [0.25, 0.3) is 5.91 Å². The molecule has 4 N–H and O–H groups in total. The van der Waals surface area contributed by atoms with Crippen LogP contribution < -0.4 is 11.1 Å². The predicted octanol–water partition coefficient (Wildman–Crippen LogP) is 4.32. The Labute approximate surface area is 272 Å². The van der Waals surface area contributed by atoms with Gasteiger partial charge in [0.2, 0.25) is 11.8 Å². The van der Waals surface area contributed by atoms with Crippen molar-refractivity contribution in [1.29, 1.82) is 0 Å². The van der Waals surface area contributed by atoms with Gasteiger partial charge in [0.15, 0.2) is 0 Å². The lowest BCUT2D eigenvalue weighted by Crippen LogP contribution is -2.63. The highest BCUT2D eigenvalue weighted by atomic mass is 16.3. The number of para-hydroxylation sites is 1. The summed E-state index contributed by atoms with van der Waals surface area (Å²) >= 11 is 0. The molecular formula is C37H49N5O4. The van der Waals surface area contributed by atoms with Crippen LogP contribution in [0.4, 0.5) is 0 Å². The van der Waals surface area contributed by atoms with E-state index in [-0.39, 0.29) is 12.1 Å². The molecule has 0 spiro atoms. The van der Waals surface area contributed by atoms with Crippen molar-refractivity contribution in [1.82, 2.24) is 20.1 Å². The first-order valence-electron chi connectivity index (χ1n) is 16.7. The minimum absolute atomic E-state index is 0.135. The fourth-order valence-corrected chi connectivity index (χ4v) is 7.47. The summed E-state index contributed by atoms with van der Waals surface area (Å²) in [5.41, 5.74) is 6.64. The molecule has 2 fully saturated rings. The zero-order chi connectivity index (χ0) is 32.8. The van der Waals surface area contributed by atoms with Crippen LogP contribution in [0, 0.1) is 11.8 Å². The van der Waals surface area contributed by atoms with Crippen molar-refractivity contribution in [3.05, 3.63) is 78.0 Å². The van der Waals surface area contributed by atoms with E-state index in [4.69, 9.17) is 5.73 Å². The first-order chi connectivity index (χ1) is 22.0. The van der Waals surface area contributed by atoms with Crippen molar-refractivity contribution in [3.8, 4) is 0 Å². The average molecular weight is 628 g/mol. The molecule has 246 valence electrons. The molecule has 5 atom stereocenters. The summed E-state index contributed by atoms with van der Waals surface area (Å²) in [6, 6.07) is 18.8. The first kappa shape index (κ1) is 33.5. The molecule has 2 aromatic carbocycles. The van der Waals surface area contributed by atoms with Crippen LogP contribution >= 0.6 is 0 Å². The summed E-state index contributed by atoms with van der Waals surface area (Å²) in [4.78, 5) is 48.8. The fraction of sp³-hybridized carbons (Fsp3) is 0.514. The van der Waals surface area contributed by atoms with E-state index in [1.165, 1.54) is 25.7 Å². The third-order valence-electron chi connectivity index (χ3n) is 9.68. The minimum Gasteiger partial charge on any atom is -0.390 e. The number of aliphatic hydroxyl groups is 1. The molecule has 9 heteroatoms. The van der Waals surface area contributed by atoms with Crippen molar-refractivity contribution in [2.45, 2.75) is 89.4 Å². The highest BCUT2D eigenvalue weighted by Crippen LogP contribution is 2.36. The van der Waals surface area contributed by atoms with E-state index in [0.717, 1.165) is 36.4 Å². The van der Waals surface area contributed by atoms with Gasteiger partial charge in [-0.15, -0.1) is 0 Å². The number of likely N-dealkylation sites (tertiary alicyclic amines) is 1. The number of hydrogen-bond acceptors (Lipinski definition) is 6. The zero-order valence-corrected chi connectivity index (χ0v) is 27.4. The number of β-amino-alcohol motifs (C(OH)–C–C–N with tert-alkyl or cyclic N) is 1. The number of piperidine rings is 1. The molecule has 0 radical (unpaired) electrons. The fourth-order valence-electron chi connectivity index (χ4n) is 7.47. The molecule has 1 aromatic heterocycles. The average Bonchev–Trinajstić information content (AvgIpc) is 3.03. The second-order valence-electron chi connectivity index (χ2n) is 14.1. The molecule has 9 nitrogen and oxygen atoms in total. The summed E-state index contributed by atoms with van der Waals surface area (Å²) < 4.78 is 0. The van der Waals surface area contributed by atoms with Crippen molar-refractivity contribution in [2.75, 3.05) is 19.6 Å². The molecule has 1 aliphatic heterocycles. The smallest absolute Gasteiger partial charge is 0.270 e. The van der Waals surface area contributed by atoms with Crippen LogP contribution in [0.5, 0.6) is 0 Å². The number of carbonyl (C=O) groups excluding carboxylic acids is 3. The predicted molar refractivity (Wildman–Crippen MR) is 180 cm³/mol. The Morgan fingerprint density at radius 3 is 2.39 bits per heavy atom. The highest BCUT2D eigenvalue weighted by Gasteiger charge is 2.42. The number of hydrogen-bond donors (Lipinski definition) is 3. The summed E-state index contributed by atoms with van der Waals surface area (Å²) in [5.74, 6) is -0.331. The number of nitrogens with zero attached hydrogens (tertiary/aromatic N) is 3. The lowest BCUT2D eigenvalue weighted by molar-refractivity contribution is -0.147. The van der Waals surface area contributed by atoms with Crippen LogP contribution in [0.2, 0.25) is 0 Å². The molecule has 2 heterocycles. The van der Waals surface area contributed by atoms with Gasteiger partial charge in [-0.25, -0.2) is 4.98 Å². The molecule has 1 saturated carbocycles. The summed E-state index contributed by atoms with van der Waals surface area (Å²) in [7, 11) is 0. The van der Waals surface area contributed by atoms with Crippen LogP contribution in [0.3, 0.4) is 0 Å². The van der Waals surface area contributed by atoms with E-state index in [1.54, 1.807) is 17.0 Å². The van der Waals surface area contributed by atoms with E-state index in [0.29, 0.717) is 24.4 Å². The second kappa shape index (κ2) is 14.7. The van der Waals surface area contributed by atoms with Gasteiger partial charge < -0.3 is 26.0 Å². The summed E-state index contributed by atoms with van der Waals surface area (Å²) in [6.45, 7) is 8.07. The Morgan fingerprint density at radius 1 is 0.978 bits per heavy atom. The zero-order valence-electron chi connectivity index (χ0n) is 27.4. The maximum absolute atomic E-state index is 14.6. The molecule has 5 rings (SSSR count). The topological polar surface area (TPSA) is 129 Å². The number of fused-ring (bicyclic) bond motifs is 2. The van der Waals surface area contributed by atoms with Gasteiger partial charge in [-0.3, -0.25) is 14.4 Å². The second-order valence-corrected chi connectivity index (χ2v) is 14.1. The SMILES string of the molecule is CC(C)(C)N(C(=O)[C@H](CC(N)=O)NC(=O)c1ccc2ccccc2n1)[C@@H](Cc1ccccc1)[C@H](O)CN1CC[C@@H]2CCCC[C@@H]2C1. The number of amides is 3. The van der Waals surface area contributed by atoms with Crippen molar-refractivity contribution in [3.63, 3.8) is 0 Å². The van der Waals surface area contributed by atoms with E-state index in [2.05, 4.69) is 15.2 Å². The number of aromatic nitrogens is 1. The molecule has 1 aliphatic carbocycles. The molecule has 1 saturated heterocycles. The Kier molecular flexibility index (Phi) is 10.7. The third kappa shape index (κ3) is 8.30. The van der Waals surface area contributed by atoms with Gasteiger partial charge in [0, 0.05) is 24.0 Å². The van der Waals surface area contributed by atoms with E-state index >= 15 is 0 Å². The molecular weight excluding hydrogens is 578 g/mol. The standard InChI is InChI=1S/C37H49N5O4/c1-37(2,3)42(36(46)31(22-34(38)44)40-35(45)30-18-17-27-14-9-10-16-29(27)39-30)32(21-25-11-5-4-6-12-25)33(43)24-41-20-19-26-13-7-8-15-28(26)23-41/h4-6,9-12,14,16-18,26,28,31-33,43H,7-8,13,15,19-24H2,1-3H3,(H2,38,44)(H,40,45)/t26-,28+,31-,32-,33+/m0/s1. The lowest BCUT2D eigenvalue weighted by Gasteiger charge is -2.47. The molecule has 3 aromatic rings. The van der Waals surface area contributed by atoms with E-state index in [9.17, 15) is 19.5 Å².